The Morgan fingerprint density at radius 2 is 1.52 bits per heavy atom. The molecule has 4 aromatic carbocycles. The van der Waals surface area contributed by atoms with E-state index < -0.39 is 6.04 Å². The second-order valence-corrected chi connectivity index (χ2v) is 10.3. The smallest absolute Gasteiger partial charge is 0.227 e. The van der Waals surface area contributed by atoms with E-state index in [1.807, 2.05) is 104 Å². The molecule has 6 rings (SSSR count). The van der Waals surface area contributed by atoms with E-state index in [0.717, 1.165) is 33.8 Å². The number of benzene rings is 4. The molecule has 5 heteroatoms. The Morgan fingerprint density at radius 3 is 2.30 bits per heavy atom. The summed E-state index contributed by atoms with van der Waals surface area (Å²) in [4.78, 5) is 29.7. The van der Waals surface area contributed by atoms with Gasteiger partial charge in [0.25, 0.3) is 0 Å². The third-order valence-electron chi connectivity index (χ3n) is 7.78. The minimum absolute atomic E-state index is 0.0483. The number of carbonyl (C=O) groups is 2. The SMILES string of the molecule is CCC(=O)N1c2ccccc2NC2=C(C(=O)C[C@@H](c3ccccc3)C2)[C@@H]1c1ccccc1OCc1ccccc1. The largest absolute Gasteiger partial charge is 0.489 e. The van der Waals surface area contributed by atoms with Crippen molar-refractivity contribution in [1.29, 1.82) is 0 Å². The van der Waals surface area contributed by atoms with Crippen molar-refractivity contribution in [2.75, 3.05) is 10.2 Å². The molecule has 5 nitrogen and oxygen atoms in total. The summed E-state index contributed by atoms with van der Waals surface area (Å²) in [5.74, 6) is 0.719. The number of ether oxygens (including phenoxy) is 1. The highest BCUT2D eigenvalue weighted by molar-refractivity contribution is 6.06. The van der Waals surface area contributed by atoms with Crippen LogP contribution in [0.15, 0.2) is 120 Å². The lowest BCUT2D eigenvalue weighted by atomic mass is 9.78. The summed E-state index contributed by atoms with van der Waals surface area (Å²) in [6.07, 6.45) is 1.37. The average molecular weight is 529 g/mol. The van der Waals surface area contributed by atoms with Crippen LogP contribution in [-0.4, -0.2) is 11.7 Å². The lowest BCUT2D eigenvalue weighted by Crippen LogP contribution is -2.38. The van der Waals surface area contributed by atoms with Crippen molar-refractivity contribution in [2.45, 2.75) is 44.8 Å². The van der Waals surface area contributed by atoms with E-state index in [2.05, 4.69) is 17.4 Å². The van der Waals surface area contributed by atoms with Gasteiger partial charge in [0.15, 0.2) is 5.78 Å². The first-order chi connectivity index (χ1) is 19.6. The summed E-state index contributed by atoms with van der Waals surface area (Å²) in [6.45, 7) is 2.25. The molecule has 0 unspecified atom stereocenters. The molecule has 0 radical (unpaired) electrons. The van der Waals surface area contributed by atoms with Crippen LogP contribution in [-0.2, 0) is 16.2 Å². The molecule has 1 amide bonds. The number of ketones is 1. The summed E-state index contributed by atoms with van der Waals surface area (Å²) in [5, 5.41) is 3.60. The Morgan fingerprint density at radius 1 is 0.850 bits per heavy atom. The molecule has 0 bridgehead atoms. The van der Waals surface area contributed by atoms with Crippen LogP contribution in [0.5, 0.6) is 5.75 Å². The normalized spacial score (nSPS) is 18.3. The van der Waals surface area contributed by atoms with Gasteiger partial charge in [0, 0.05) is 29.7 Å². The van der Waals surface area contributed by atoms with Gasteiger partial charge in [-0.15, -0.1) is 0 Å². The molecular formula is C35H32N2O3. The van der Waals surface area contributed by atoms with Crippen LogP contribution in [0.25, 0.3) is 0 Å². The molecule has 200 valence electrons. The van der Waals surface area contributed by atoms with Crippen LogP contribution in [0.2, 0.25) is 0 Å². The fourth-order valence-electron chi connectivity index (χ4n) is 5.86. The molecule has 0 aromatic heterocycles. The first kappa shape index (κ1) is 25.6. The third-order valence-corrected chi connectivity index (χ3v) is 7.78. The van der Waals surface area contributed by atoms with Crippen molar-refractivity contribution in [2.24, 2.45) is 0 Å². The lowest BCUT2D eigenvalue weighted by Gasteiger charge is -2.35. The fraction of sp³-hybridized carbons (Fsp3) is 0.200. The van der Waals surface area contributed by atoms with Gasteiger partial charge in [-0.05, 0) is 41.7 Å². The quantitative estimate of drug-likeness (QED) is 0.280. The number of fused-ring (bicyclic) bond motifs is 1. The summed E-state index contributed by atoms with van der Waals surface area (Å²) < 4.78 is 6.38. The van der Waals surface area contributed by atoms with Crippen molar-refractivity contribution >= 4 is 23.1 Å². The molecule has 1 heterocycles. The van der Waals surface area contributed by atoms with Crippen molar-refractivity contribution in [3.8, 4) is 5.75 Å². The second kappa shape index (κ2) is 11.2. The van der Waals surface area contributed by atoms with Crippen molar-refractivity contribution in [3.63, 3.8) is 0 Å². The van der Waals surface area contributed by atoms with Gasteiger partial charge in [0.2, 0.25) is 5.91 Å². The highest BCUT2D eigenvalue weighted by Gasteiger charge is 2.42. The predicted octanol–water partition coefficient (Wildman–Crippen LogP) is 7.58. The number of carbonyl (C=O) groups excluding carboxylic acids is 2. The van der Waals surface area contributed by atoms with Crippen LogP contribution >= 0.6 is 0 Å². The molecule has 40 heavy (non-hydrogen) atoms. The number of allylic oxidation sites excluding steroid dienone is 1. The standard InChI is InChI=1S/C35H32N2O3/c1-2-33(39)37-30-19-11-10-18-28(30)36-29-21-26(25-15-7-4-8-16-25)22-31(38)34(29)35(37)27-17-9-12-20-32(27)40-23-24-13-5-3-6-14-24/h3-20,26,35-36H,2,21-23H2,1H3/t26-,35-/m0/s1. The average Bonchev–Trinajstić information content (AvgIpc) is 3.15. The monoisotopic (exact) mass is 528 g/mol. The van der Waals surface area contributed by atoms with Gasteiger partial charge in [0.05, 0.1) is 17.4 Å². The molecule has 0 fully saturated rings. The molecular weight excluding hydrogens is 496 g/mol. The molecule has 1 N–H and O–H groups in total. The Hall–Kier alpha value is -4.64. The van der Waals surface area contributed by atoms with Crippen LogP contribution in [0.3, 0.4) is 0 Å². The maximum Gasteiger partial charge on any atom is 0.227 e. The number of amides is 1. The van der Waals surface area contributed by atoms with Crippen molar-refractivity contribution in [1.82, 2.24) is 0 Å². The Bertz CT molecular complexity index is 1560. The summed E-state index contributed by atoms with van der Waals surface area (Å²) >= 11 is 0. The van der Waals surface area contributed by atoms with Crippen LogP contribution < -0.4 is 15.0 Å². The zero-order valence-electron chi connectivity index (χ0n) is 22.5. The first-order valence-corrected chi connectivity index (χ1v) is 13.9. The molecule has 1 aliphatic heterocycles. The number of hydrogen-bond acceptors (Lipinski definition) is 4. The number of hydrogen-bond donors (Lipinski definition) is 1. The van der Waals surface area contributed by atoms with E-state index >= 15 is 0 Å². The van der Waals surface area contributed by atoms with Crippen molar-refractivity contribution in [3.05, 3.63) is 137 Å². The minimum Gasteiger partial charge on any atom is -0.489 e. The topological polar surface area (TPSA) is 58.6 Å². The van der Waals surface area contributed by atoms with E-state index in [0.29, 0.717) is 37.2 Å². The first-order valence-electron chi connectivity index (χ1n) is 13.9. The molecule has 2 atom stereocenters. The number of rotatable bonds is 6. The number of para-hydroxylation sites is 3. The maximum absolute atomic E-state index is 14.2. The third kappa shape index (κ3) is 4.91. The number of Topliss-reactive ketones (excluding diaryl/α,β-unsaturated/α-hetero) is 1. The molecule has 0 saturated heterocycles. The number of nitrogens with one attached hydrogen (secondary N) is 1. The highest BCUT2D eigenvalue weighted by atomic mass is 16.5. The predicted molar refractivity (Wildman–Crippen MR) is 158 cm³/mol. The molecule has 0 saturated carbocycles. The van der Waals surface area contributed by atoms with Crippen molar-refractivity contribution < 1.29 is 14.3 Å². The minimum atomic E-state index is -0.616. The van der Waals surface area contributed by atoms with Crippen LogP contribution in [0, 0.1) is 0 Å². The molecule has 0 spiro atoms. The molecule has 1 aliphatic carbocycles. The van der Waals surface area contributed by atoms with E-state index in [-0.39, 0.29) is 17.6 Å². The second-order valence-electron chi connectivity index (χ2n) is 10.3. The van der Waals surface area contributed by atoms with Gasteiger partial charge in [-0.25, -0.2) is 0 Å². The van der Waals surface area contributed by atoms with Gasteiger partial charge in [0.1, 0.15) is 12.4 Å². The highest BCUT2D eigenvalue weighted by Crippen LogP contribution is 2.49. The van der Waals surface area contributed by atoms with E-state index in [4.69, 9.17) is 4.74 Å². The van der Waals surface area contributed by atoms with E-state index in [1.54, 1.807) is 4.90 Å². The Balaban J connectivity index is 1.51. The summed E-state index contributed by atoms with van der Waals surface area (Å²) in [7, 11) is 0. The van der Waals surface area contributed by atoms with Gasteiger partial charge >= 0.3 is 0 Å². The number of nitrogens with zero attached hydrogens (tertiary/aromatic N) is 1. The Kier molecular flexibility index (Phi) is 7.19. The van der Waals surface area contributed by atoms with Gasteiger partial charge < -0.3 is 10.1 Å². The molecule has 4 aromatic rings. The van der Waals surface area contributed by atoms with Gasteiger partial charge in [-0.1, -0.05) is 97.9 Å². The van der Waals surface area contributed by atoms with Gasteiger partial charge in [-0.3, -0.25) is 14.5 Å². The van der Waals surface area contributed by atoms with E-state index in [9.17, 15) is 9.59 Å². The Labute approximate surface area is 235 Å². The van der Waals surface area contributed by atoms with E-state index in [1.165, 1.54) is 0 Å². The van der Waals surface area contributed by atoms with Gasteiger partial charge in [-0.2, -0.15) is 0 Å². The summed E-state index contributed by atoms with van der Waals surface area (Å²) in [6, 6.07) is 35.2. The molecule has 2 aliphatic rings. The fourth-order valence-corrected chi connectivity index (χ4v) is 5.86. The zero-order chi connectivity index (χ0) is 27.5. The maximum atomic E-state index is 14.2. The van der Waals surface area contributed by atoms with Crippen LogP contribution in [0.4, 0.5) is 11.4 Å². The zero-order valence-corrected chi connectivity index (χ0v) is 22.5. The lowest BCUT2D eigenvalue weighted by molar-refractivity contribution is -0.119. The number of anilines is 2. The summed E-state index contributed by atoms with van der Waals surface area (Å²) in [5.41, 5.74) is 6.09. The van der Waals surface area contributed by atoms with Crippen LogP contribution in [0.1, 0.15) is 54.8 Å².